The number of para-hydroxylation sites is 1. The summed E-state index contributed by atoms with van der Waals surface area (Å²) in [6, 6.07) is 5.27. The second-order valence-corrected chi connectivity index (χ2v) is 5.07. The zero-order valence-electron chi connectivity index (χ0n) is 10.8. The predicted octanol–water partition coefficient (Wildman–Crippen LogP) is 3.76. The van der Waals surface area contributed by atoms with Crippen LogP contribution in [0.3, 0.4) is 0 Å². The van der Waals surface area contributed by atoms with E-state index in [4.69, 9.17) is 5.11 Å². The van der Waals surface area contributed by atoms with E-state index in [-0.39, 0.29) is 17.6 Å². The van der Waals surface area contributed by atoms with Crippen molar-refractivity contribution < 1.29 is 23.1 Å². The van der Waals surface area contributed by atoms with Gasteiger partial charge in [0.2, 0.25) is 0 Å². The maximum Gasteiger partial charge on any atom is 0.418 e. The highest BCUT2D eigenvalue weighted by atomic mass is 19.4. The fraction of sp³-hybridized carbons (Fsp3) is 0.500. The molecule has 0 unspecified atom stereocenters. The first-order valence-corrected chi connectivity index (χ1v) is 6.53. The van der Waals surface area contributed by atoms with Crippen LogP contribution >= 0.6 is 0 Å². The van der Waals surface area contributed by atoms with Crippen molar-refractivity contribution in [1.29, 1.82) is 0 Å². The Balaban J connectivity index is 2.03. The van der Waals surface area contributed by atoms with Gasteiger partial charge in [0, 0.05) is 11.7 Å². The lowest BCUT2D eigenvalue weighted by molar-refractivity contribution is -0.142. The first-order valence-electron chi connectivity index (χ1n) is 6.53. The molecule has 20 heavy (non-hydrogen) atoms. The van der Waals surface area contributed by atoms with E-state index in [0.29, 0.717) is 25.7 Å². The molecule has 1 saturated carbocycles. The smallest absolute Gasteiger partial charge is 0.418 e. The zero-order chi connectivity index (χ0) is 14.8. The lowest BCUT2D eigenvalue weighted by Crippen LogP contribution is -2.30. The first-order chi connectivity index (χ1) is 9.38. The summed E-state index contributed by atoms with van der Waals surface area (Å²) in [4.78, 5) is 10.8. The normalized spacial score (nSPS) is 23.4. The van der Waals surface area contributed by atoms with Crippen molar-refractivity contribution in [3.63, 3.8) is 0 Å². The van der Waals surface area contributed by atoms with Crippen LogP contribution < -0.4 is 5.32 Å². The van der Waals surface area contributed by atoms with Crippen LogP contribution in [0.1, 0.15) is 31.2 Å². The number of alkyl halides is 3. The fourth-order valence-corrected chi connectivity index (χ4v) is 2.56. The summed E-state index contributed by atoms with van der Waals surface area (Å²) >= 11 is 0. The molecule has 6 heteroatoms. The highest BCUT2D eigenvalue weighted by Gasteiger charge is 2.34. The van der Waals surface area contributed by atoms with E-state index in [9.17, 15) is 18.0 Å². The summed E-state index contributed by atoms with van der Waals surface area (Å²) < 4.78 is 38.6. The van der Waals surface area contributed by atoms with Gasteiger partial charge in [0.15, 0.2) is 0 Å². The monoisotopic (exact) mass is 287 g/mol. The SMILES string of the molecule is O=C(O)C1CCC(Nc2ccccc2C(F)(F)F)CC1. The molecule has 1 aromatic rings. The number of aliphatic carboxylic acids is 1. The lowest BCUT2D eigenvalue weighted by Gasteiger charge is -2.28. The summed E-state index contributed by atoms with van der Waals surface area (Å²) in [6.07, 6.45) is -2.24. The number of halogens is 3. The Kier molecular flexibility index (Phi) is 4.20. The van der Waals surface area contributed by atoms with Gasteiger partial charge in [0.1, 0.15) is 0 Å². The Morgan fingerprint density at radius 1 is 1.15 bits per heavy atom. The van der Waals surface area contributed by atoms with Gasteiger partial charge in [-0.25, -0.2) is 0 Å². The molecular formula is C14H16F3NO2. The summed E-state index contributed by atoms with van der Waals surface area (Å²) in [5.41, 5.74) is -0.612. The van der Waals surface area contributed by atoms with Gasteiger partial charge in [-0.05, 0) is 37.8 Å². The number of carbonyl (C=O) groups is 1. The Morgan fingerprint density at radius 3 is 2.30 bits per heavy atom. The molecule has 3 nitrogen and oxygen atoms in total. The molecule has 110 valence electrons. The van der Waals surface area contributed by atoms with Crippen LogP contribution in [0.2, 0.25) is 0 Å². The molecule has 2 N–H and O–H groups in total. The van der Waals surface area contributed by atoms with Gasteiger partial charge in [-0.3, -0.25) is 4.79 Å². The Morgan fingerprint density at radius 2 is 1.75 bits per heavy atom. The molecule has 1 aliphatic rings. The standard InChI is InChI=1S/C14H16F3NO2/c15-14(16,17)11-3-1-2-4-12(11)18-10-7-5-9(6-8-10)13(19)20/h1-4,9-10,18H,5-8H2,(H,19,20). The lowest BCUT2D eigenvalue weighted by atomic mass is 9.86. The number of hydrogen-bond acceptors (Lipinski definition) is 2. The molecule has 0 bridgehead atoms. The minimum Gasteiger partial charge on any atom is -0.481 e. The van der Waals surface area contributed by atoms with Gasteiger partial charge in [-0.2, -0.15) is 13.2 Å². The number of nitrogens with one attached hydrogen (secondary N) is 1. The molecule has 0 saturated heterocycles. The molecular weight excluding hydrogens is 271 g/mol. The molecule has 0 aromatic heterocycles. The summed E-state index contributed by atoms with van der Waals surface area (Å²) in [5, 5.41) is 11.8. The number of benzene rings is 1. The van der Waals surface area contributed by atoms with Crippen molar-refractivity contribution >= 4 is 11.7 Å². The molecule has 2 rings (SSSR count). The molecule has 0 heterocycles. The summed E-state index contributed by atoms with van der Waals surface area (Å²) in [5.74, 6) is -1.19. The maximum atomic E-state index is 12.9. The first kappa shape index (κ1) is 14.7. The van der Waals surface area contributed by atoms with Crippen molar-refractivity contribution in [2.75, 3.05) is 5.32 Å². The number of rotatable bonds is 3. The number of hydrogen-bond donors (Lipinski definition) is 2. The van der Waals surface area contributed by atoms with E-state index in [1.807, 2.05) is 0 Å². The predicted molar refractivity (Wildman–Crippen MR) is 68.4 cm³/mol. The van der Waals surface area contributed by atoms with Gasteiger partial charge in [-0.1, -0.05) is 12.1 Å². The molecule has 1 fully saturated rings. The van der Waals surface area contributed by atoms with Crippen molar-refractivity contribution in [1.82, 2.24) is 0 Å². The van der Waals surface area contributed by atoms with Crippen LogP contribution in [-0.4, -0.2) is 17.1 Å². The van der Waals surface area contributed by atoms with Crippen LogP contribution in [0.5, 0.6) is 0 Å². The fourth-order valence-electron chi connectivity index (χ4n) is 2.56. The van der Waals surface area contributed by atoms with Crippen LogP contribution in [-0.2, 0) is 11.0 Å². The minimum atomic E-state index is -4.39. The molecule has 1 aliphatic carbocycles. The Hall–Kier alpha value is -1.72. The highest BCUT2D eigenvalue weighted by molar-refractivity contribution is 5.70. The van der Waals surface area contributed by atoms with Gasteiger partial charge < -0.3 is 10.4 Å². The Bertz CT molecular complexity index is 480. The minimum absolute atomic E-state index is 0.0683. The maximum absolute atomic E-state index is 12.9. The van der Waals surface area contributed by atoms with Gasteiger partial charge in [-0.15, -0.1) is 0 Å². The number of anilines is 1. The highest BCUT2D eigenvalue weighted by Crippen LogP contribution is 2.36. The summed E-state index contributed by atoms with van der Waals surface area (Å²) in [6.45, 7) is 0. The van der Waals surface area contributed by atoms with E-state index in [1.54, 1.807) is 6.07 Å². The van der Waals surface area contributed by atoms with Crippen molar-refractivity contribution in [3.8, 4) is 0 Å². The quantitative estimate of drug-likeness (QED) is 0.890. The third-order valence-electron chi connectivity index (χ3n) is 3.67. The third kappa shape index (κ3) is 3.43. The zero-order valence-corrected chi connectivity index (χ0v) is 10.8. The Labute approximate surface area is 114 Å². The topological polar surface area (TPSA) is 49.3 Å². The van der Waals surface area contributed by atoms with E-state index in [2.05, 4.69) is 5.32 Å². The van der Waals surface area contributed by atoms with E-state index >= 15 is 0 Å². The molecule has 0 atom stereocenters. The molecule has 1 aromatic carbocycles. The molecule has 0 aliphatic heterocycles. The second kappa shape index (κ2) is 5.73. The van der Waals surface area contributed by atoms with Gasteiger partial charge >= 0.3 is 12.1 Å². The second-order valence-electron chi connectivity index (χ2n) is 5.07. The van der Waals surface area contributed by atoms with Crippen LogP contribution in [0.15, 0.2) is 24.3 Å². The van der Waals surface area contributed by atoms with Crippen molar-refractivity contribution in [2.45, 2.75) is 37.9 Å². The van der Waals surface area contributed by atoms with Crippen molar-refractivity contribution in [2.24, 2.45) is 5.92 Å². The summed E-state index contributed by atoms with van der Waals surface area (Å²) in [7, 11) is 0. The average Bonchev–Trinajstić information content (AvgIpc) is 2.38. The van der Waals surface area contributed by atoms with Crippen LogP contribution in [0.4, 0.5) is 18.9 Å². The van der Waals surface area contributed by atoms with Gasteiger partial charge in [0.25, 0.3) is 0 Å². The van der Waals surface area contributed by atoms with Gasteiger partial charge in [0.05, 0.1) is 11.5 Å². The largest absolute Gasteiger partial charge is 0.481 e. The molecule has 0 spiro atoms. The van der Waals surface area contributed by atoms with E-state index in [0.717, 1.165) is 6.07 Å². The van der Waals surface area contributed by atoms with Crippen LogP contribution in [0, 0.1) is 5.92 Å². The number of carboxylic acid groups (broad SMARTS) is 1. The number of carboxylic acids is 1. The van der Waals surface area contributed by atoms with Crippen LogP contribution in [0.25, 0.3) is 0 Å². The molecule has 0 radical (unpaired) electrons. The van der Waals surface area contributed by atoms with Crippen molar-refractivity contribution in [3.05, 3.63) is 29.8 Å². The van der Waals surface area contributed by atoms with E-state index < -0.39 is 17.7 Å². The third-order valence-corrected chi connectivity index (χ3v) is 3.67. The average molecular weight is 287 g/mol. The molecule has 0 amide bonds. The van der Waals surface area contributed by atoms with E-state index in [1.165, 1.54) is 12.1 Å².